The van der Waals surface area contributed by atoms with Crippen LogP contribution in [-0.4, -0.2) is 54.8 Å². The number of piperazine rings is 1. The van der Waals surface area contributed by atoms with Crippen molar-refractivity contribution >= 4 is 11.6 Å². The van der Waals surface area contributed by atoms with Gasteiger partial charge in [-0.25, -0.2) is 4.98 Å². The van der Waals surface area contributed by atoms with Crippen molar-refractivity contribution in [2.75, 3.05) is 19.6 Å². The summed E-state index contributed by atoms with van der Waals surface area (Å²) >= 11 is 6.36. The third kappa shape index (κ3) is 3.44. The van der Waals surface area contributed by atoms with E-state index in [1.54, 1.807) is 4.68 Å². The molecule has 6 nitrogen and oxygen atoms in total. The molecule has 0 unspecified atom stereocenters. The van der Waals surface area contributed by atoms with Gasteiger partial charge in [0.25, 0.3) is 0 Å². The Labute approximate surface area is 142 Å². The van der Waals surface area contributed by atoms with Gasteiger partial charge in [0.2, 0.25) is 0 Å². The Morgan fingerprint density at radius 2 is 2.04 bits per heavy atom. The first-order valence-electron chi connectivity index (χ1n) is 8.06. The fraction of sp³-hybridized carbons (Fsp3) is 0.625. The van der Waals surface area contributed by atoms with Crippen LogP contribution in [0, 0.1) is 6.92 Å². The summed E-state index contributed by atoms with van der Waals surface area (Å²) < 4.78 is 3.85. The molecule has 1 aliphatic heterocycles. The van der Waals surface area contributed by atoms with E-state index in [0.29, 0.717) is 6.04 Å². The van der Waals surface area contributed by atoms with Crippen LogP contribution < -0.4 is 0 Å². The van der Waals surface area contributed by atoms with Crippen molar-refractivity contribution in [2.45, 2.75) is 33.0 Å². The Hall–Kier alpha value is -1.37. The first-order valence-corrected chi connectivity index (χ1v) is 8.44. The fourth-order valence-electron chi connectivity index (χ4n) is 3.26. The Morgan fingerprint density at radius 3 is 2.61 bits per heavy atom. The van der Waals surface area contributed by atoms with E-state index in [0.717, 1.165) is 55.0 Å². The first-order chi connectivity index (χ1) is 11.0. The predicted molar refractivity (Wildman–Crippen MR) is 91.3 cm³/mol. The second-order valence-corrected chi connectivity index (χ2v) is 6.85. The van der Waals surface area contributed by atoms with Crippen molar-refractivity contribution in [2.24, 2.45) is 14.1 Å². The molecule has 1 fully saturated rings. The van der Waals surface area contributed by atoms with Crippen molar-refractivity contribution < 1.29 is 0 Å². The molecule has 0 aromatic carbocycles. The number of hydrogen-bond donors (Lipinski definition) is 0. The van der Waals surface area contributed by atoms with Gasteiger partial charge in [0.05, 0.1) is 12.2 Å². The van der Waals surface area contributed by atoms with Gasteiger partial charge < -0.3 is 4.57 Å². The van der Waals surface area contributed by atoms with Crippen LogP contribution in [0.2, 0.25) is 5.15 Å². The quantitative estimate of drug-likeness (QED) is 0.854. The van der Waals surface area contributed by atoms with E-state index in [2.05, 4.69) is 38.4 Å². The van der Waals surface area contributed by atoms with Crippen molar-refractivity contribution in [3.63, 3.8) is 0 Å². The summed E-state index contributed by atoms with van der Waals surface area (Å²) in [7, 11) is 3.95. The molecule has 0 aliphatic carbocycles. The monoisotopic (exact) mass is 336 g/mol. The molecule has 0 spiro atoms. The summed E-state index contributed by atoms with van der Waals surface area (Å²) in [6.07, 6.45) is 3.87. The molecular formula is C16H25ClN6. The number of nitrogens with zero attached hydrogens (tertiary/aromatic N) is 6. The molecule has 7 heteroatoms. The van der Waals surface area contributed by atoms with Crippen LogP contribution in [-0.2, 0) is 27.2 Å². The molecule has 3 heterocycles. The third-order valence-electron chi connectivity index (χ3n) is 4.77. The van der Waals surface area contributed by atoms with E-state index in [1.165, 1.54) is 0 Å². The molecule has 2 aromatic rings. The van der Waals surface area contributed by atoms with Crippen molar-refractivity contribution in [1.82, 2.24) is 29.1 Å². The Morgan fingerprint density at radius 1 is 1.26 bits per heavy atom. The highest BCUT2D eigenvalue weighted by Crippen LogP contribution is 2.22. The number of imidazole rings is 1. The Balaban J connectivity index is 1.61. The zero-order chi connectivity index (χ0) is 16.6. The standard InChI is InChI=1S/C16H25ClN6/c1-12-9-22(10-14-13(2)19-21(4)16(14)17)7-8-23(12)11-15-18-5-6-20(15)3/h5-6,12H,7-11H2,1-4H3/t12-/m0/s1. The van der Waals surface area contributed by atoms with Gasteiger partial charge in [0.1, 0.15) is 11.0 Å². The zero-order valence-corrected chi connectivity index (χ0v) is 15.1. The number of aryl methyl sites for hydroxylation is 3. The molecule has 1 atom stereocenters. The van der Waals surface area contributed by atoms with Crippen molar-refractivity contribution in [3.05, 3.63) is 34.6 Å². The van der Waals surface area contributed by atoms with E-state index in [4.69, 9.17) is 11.6 Å². The summed E-state index contributed by atoms with van der Waals surface area (Å²) in [5.41, 5.74) is 2.18. The lowest BCUT2D eigenvalue weighted by atomic mass is 10.1. The summed E-state index contributed by atoms with van der Waals surface area (Å²) in [5.74, 6) is 1.12. The normalized spacial score (nSPS) is 20.3. The maximum Gasteiger partial charge on any atom is 0.131 e. The van der Waals surface area contributed by atoms with Crippen LogP contribution in [0.3, 0.4) is 0 Å². The van der Waals surface area contributed by atoms with Gasteiger partial charge in [-0.3, -0.25) is 14.5 Å². The minimum atomic E-state index is 0.496. The van der Waals surface area contributed by atoms with Gasteiger partial charge in [0, 0.05) is 64.3 Å². The van der Waals surface area contributed by atoms with Crippen LogP contribution in [0.1, 0.15) is 24.0 Å². The SMILES string of the molecule is Cc1nn(C)c(Cl)c1CN1CCN(Cc2nccn2C)[C@@H](C)C1. The summed E-state index contributed by atoms with van der Waals surface area (Å²) in [5, 5.41) is 5.16. The van der Waals surface area contributed by atoms with Gasteiger partial charge in [-0.1, -0.05) is 11.6 Å². The second-order valence-electron chi connectivity index (χ2n) is 6.49. The molecule has 0 radical (unpaired) electrons. The van der Waals surface area contributed by atoms with Crippen molar-refractivity contribution in [1.29, 1.82) is 0 Å². The summed E-state index contributed by atoms with van der Waals surface area (Å²) in [6.45, 7) is 9.22. The fourth-order valence-corrected chi connectivity index (χ4v) is 3.49. The maximum absolute atomic E-state index is 6.36. The Kier molecular flexibility index (Phi) is 4.75. The highest BCUT2D eigenvalue weighted by Gasteiger charge is 2.26. The number of halogens is 1. The third-order valence-corrected chi connectivity index (χ3v) is 5.24. The largest absolute Gasteiger partial charge is 0.337 e. The molecular weight excluding hydrogens is 312 g/mol. The lowest BCUT2D eigenvalue weighted by Crippen LogP contribution is -2.51. The highest BCUT2D eigenvalue weighted by molar-refractivity contribution is 6.30. The average Bonchev–Trinajstić information content (AvgIpc) is 3.00. The molecule has 1 aliphatic rings. The zero-order valence-electron chi connectivity index (χ0n) is 14.3. The van der Waals surface area contributed by atoms with Gasteiger partial charge in [-0.2, -0.15) is 5.10 Å². The second kappa shape index (κ2) is 6.63. The van der Waals surface area contributed by atoms with E-state index in [1.807, 2.05) is 26.4 Å². The number of aromatic nitrogens is 4. The molecule has 23 heavy (non-hydrogen) atoms. The van der Waals surface area contributed by atoms with E-state index < -0.39 is 0 Å². The van der Waals surface area contributed by atoms with Crippen LogP contribution in [0.25, 0.3) is 0 Å². The molecule has 2 aromatic heterocycles. The first kappa shape index (κ1) is 16.5. The number of hydrogen-bond acceptors (Lipinski definition) is 4. The highest BCUT2D eigenvalue weighted by atomic mass is 35.5. The van der Waals surface area contributed by atoms with E-state index in [9.17, 15) is 0 Å². The average molecular weight is 337 g/mol. The summed E-state index contributed by atoms with van der Waals surface area (Å²) in [4.78, 5) is 9.40. The lowest BCUT2D eigenvalue weighted by Gasteiger charge is -2.39. The molecule has 0 bridgehead atoms. The topological polar surface area (TPSA) is 42.1 Å². The smallest absolute Gasteiger partial charge is 0.131 e. The lowest BCUT2D eigenvalue weighted by molar-refractivity contribution is 0.0706. The maximum atomic E-state index is 6.36. The molecule has 3 rings (SSSR count). The number of rotatable bonds is 4. The minimum Gasteiger partial charge on any atom is -0.337 e. The predicted octanol–water partition coefficient (Wildman–Crippen LogP) is 1.82. The minimum absolute atomic E-state index is 0.496. The van der Waals surface area contributed by atoms with Gasteiger partial charge >= 0.3 is 0 Å². The van der Waals surface area contributed by atoms with Gasteiger partial charge in [-0.15, -0.1) is 0 Å². The van der Waals surface area contributed by atoms with Crippen LogP contribution in [0.5, 0.6) is 0 Å². The molecule has 0 amide bonds. The van der Waals surface area contributed by atoms with Gasteiger partial charge in [0.15, 0.2) is 0 Å². The van der Waals surface area contributed by atoms with Crippen molar-refractivity contribution in [3.8, 4) is 0 Å². The molecule has 0 saturated carbocycles. The Bertz CT molecular complexity index is 676. The van der Waals surface area contributed by atoms with Crippen LogP contribution >= 0.6 is 11.6 Å². The summed E-state index contributed by atoms with van der Waals surface area (Å²) in [6, 6.07) is 0.496. The van der Waals surface area contributed by atoms with E-state index in [-0.39, 0.29) is 0 Å². The van der Waals surface area contributed by atoms with Crippen LogP contribution in [0.15, 0.2) is 12.4 Å². The molecule has 126 valence electrons. The molecule has 0 N–H and O–H groups in total. The molecule has 1 saturated heterocycles. The van der Waals surface area contributed by atoms with E-state index >= 15 is 0 Å². The van der Waals surface area contributed by atoms with Crippen LogP contribution in [0.4, 0.5) is 0 Å². The van der Waals surface area contributed by atoms with Gasteiger partial charge in [-0.05, 0) is 13.8 Å².